The number of nitrogens with zero attached hydrogens (tertiary/aromatic N) is 2. The third-order valence-electron chi connectivity index (χ3n) is 4.17. The predicted octanol–water partition coefficient (Wildman–Crippen LogP) is 1.50. The van der Waals surface area contributed by atoms with Gasteiger partial charge in [0.05, 0.1) is 4.92 Å². The Labute approximate surface area is 118 Å². The SMILES string of the molecule is Nc1ccc(CN[C@@H]2CCN(C3CC3)C2)cc1[N+](=O)[O-]. The number of nitrogens with two attached hydrogens (primary N) is 1. The molecule has 0 aromatic heterocycles. The van der Waals surface area contributed by atoms with Crippen molar-refractivity contribution in [1.82, 2.24) is 10.2 Å². The molecule has 0 amide bonds. The van der Waals surface area contributed by atoms with Crippen LogP contribution >= 0.6 is 0 Å². The van der Waals surface area contributed by atoms with E-state index in [0.29, 0.717) is 12.6 Å². The van der Waals surface area contributed by atoms with Crippen LogP contribution in [-0.4, -0.2) is 35.0 Å². The molecule has 2 fully saturated rings. The van der Waals surface area contributed by atoms with E-state index in [1.54, 1.807) is 12.1 Å². The van der Waals surface area contributed by atoms with Crippen molar-refractivity contribution in [3.05, 3.63) is 33.9 Å². The maximum Gasteiger partial charge on any atom is 0.292 e. The molecule has 6 nitrogen and oxygen atoms in total. The van der Waals surface area contributed by atoms with E-state index >= 15 is 0 Å². The summed E-state index contributed by atoms with van der Waals surface area (Å²) in [4.78, 5) is 13.0. The molecule has 2 aliphatic rings. The van der Waals surface area contributed by atoms with E-state index in [-0.39, 0.29) is 11.4 Å². The average molecular weight is 276 g/mol. The second-order valence-electron chi connectivity index (χ2n) is 5.74. The monoisotopic (exact) mass is 276 g/mol. The number of anilines is 1. The molecule has 3 rings (SSSR count). The van der Waals surface area contributed by atoms with Crippen LogP contribution in [-0.2, 0) is 6.54 Å². The largest absolute Gasteiger partial charge is 0.393 e. The van der Waals surface area contributed by atoms with Gasteiger partial charge in [0, 0.05) is 37.8 Å². The summed E-state index contributed by atoms with van der Waals surface area (Å²) in [7, 11) is 0. The minimum Gasteiger partial charge on any atom is -0.393 e. The Kier molecular flexibility index (Phi) is 3.58. The minimum atomic E-state index is -0.427. The Morgan fingerprint density at radius 3 is 2.90 bits per heavy atom. The van der Waals surface area contributed by atoms with Crippen molar-refractivity contribution < 1.29 is 4.92 Å². The summed E-state index contributed by atoms with van der Waals surface area (Å²) in [6.07, 6.45) is 3.85. The van der Waals surface area contributed by atoms with Gasteiger partial charge in [0.1, 0.15) is 5.69 Å². The van der Waals surface area contributed by atoms with Crippen molar-refractivity contribution >= 4 is 11.4 Å². The van der Waals surface area contributed by atoms with Crippen molar-refractivity contribution in [2.45, 2.75) is 37.9 Å². The van der Waals surface area contributed by atoms with Gasteiger partial charge in [0.15, 0.2) is 0 Å². The zero-order valence-corrected chi connectivity index (χ0v) is 11.4. The summed E-state index contributed by atoms with van der Waals surface area (Å²) in [6.45, 7) is 2.93. The van der Waals surface area contributed by atoms with Gasteiger partial charge in [0.2, 0.25) is 0 Å². The first-order valence-corrected chi connectivity index (χ1v) is 7.13. The lowest BCUT2D eigenvalue weighted by Gasteiger charge is -2.15. The lowest BCUT2D eigenvalue weighted by Crippen LogP contribution is -2.32. The highest BCUT2D eigenvalue weighted by atomic mass is 16.6. The number of likely N-dealkylation sites (tertiary alicyclic amines) is 1. The van der Waals surface area contributed by atoms with Gasteiger partial charge in [-0.15, -0.1) is 0 Å². The fourth-order valence-corrected chi connectivity index (χ4v) is 2.84. The average Bonchev–Trinajstić information content (AvgIpc) is 3.17. The third kappa shape index (κ3) is 2.91. The Bertz CT molecular complexity index is 516. The normalized spacial score (nSPS) is 23.1. The highest BCUT2D eigenvalue weighted by Gasteiger charge is 2.34. The van der Waals surface area contributed by atoms with Crippen molar-refractivity contribution in [1.29, 1.82) is 0 Å². The van der Waals surface area contributed by atoms with E-state index in [0.717, 1.165) is 24.6 Å². The standard InChI is InChI=1S/C14H20N4O2/c15-13-4-1-10(7-14(13)18(19)20)8-16-11-5-6-17(9-11)12-2-3-12/h1,4,7,11-12,16H,2-3,5-6,8-9,15H2/t11-/m1/s1. The maximum absolute atomic E-state index is 10.9. The van der Waals surface area contributed by atoms with Crippen LogP contribution in [0.4, 0.5) is 11.4 Å². The van der Waals surface area contributed by atoms with Crippen molar-refractivity contribution in [3.8, 4) is 0 Å². The topological polar surface area (TPSA) is 84.4 Å². The molecule has 1 aromatic carbocycles. The number of nitrogen functional groups attached to an aromatic ring is 1. The van der Waals surface area contributed by atoms with Gasteiger partial charge in [-0.25, -0.2) is 0 Å². The molecule has 108 valence electrons. The van der Waals surface area contributed by atoms with Crippen LogP contribution in [0.3, 0.4) is 0 Å². The highest BCUT2D eigenvalue weighted by molar-refractivity contribution is 5.59. The van der Waals surface area contributed by atoms with Crippen LogP contribution in [0.2, 0.25) is 0 Å². The molecule has 6 heteroatoms. The Morgan fingerprint density at radius 2 is 2.20 bits per heavy atom. The van der Waals surface area contributed by atoms with Crippen molar-refractivity contribution in [3.63, 3.8) is 0 Å². The summed E-state index contributed by atoms with van der Waals surface area (Å²) in [6, 6.07) is 6.34. The summed E-state index contributed by atoms with van der Waals surface area (Å²) < 4.78 is 0. The number of benzene rings is 1. The molecule has 3 N–H and O–H groups in total. The summed E-state index contributed by atoms with van der Waals surface area (Å²) in [5.41, 5.74) is 6.73. The van der Waals surface area contributed by atoms with E-state index in [2.05, 4.69) is 10.2 Å². The lowest BCUT2D eigenvalue weighted by molar-refractivity contribution is -0.384. The molecule has 1 aliphatic heterocycles. The zero-order chi connectivity index (χ0) is 14.1. The van der Waals surface area contributed by atoms with Gasteiger partial charge in [0.25, 0.3) is 5.69 Å². The summed E-state index contributed by atoms with van der Waals surface area (Å²) >= 11 is 0. The molecule has 0 radical (unpaired) electrons. The molecule has 1 saturated carbocycles. The molecule has 1 aliphatic carbocycles. The van der Waals surface area contributed by atoms with Gasteiger partial charge in [-0.1, -0.05) is 6.07 Å². The van der Waals surface area contributed by atoms with E-state index < -0.39 is 4.92 Å². The molecule has 1 aromatic rings. The minimum absolute atomic E-state index is 0.00433. The fraction of sp³-hybridized carbons (Fsp3) is 0.571. The first-order valence-electron chi connectivity index (χ1n) is 7.13. The molecular formula is C14H20N4O2. The zero-order valence-electron chi connectivity index (χ0n) is 11.4. The molecule has 0 bridgehead atoms. The second kappa shape index (κ2) is 5.38. The smallest absolute Gasteiger partial charge is 0.292 e. The van der Waals surface area contributed by atoms with Crippen molar-refractivity contribution in [2.24, 2.45) is 0 Å². The van der Waals surface area contributed by atoms with Gasteiger partial charge in [-0.05, 0) is 30.9 Å². The van der Waals surface area contributed by atoms with E-state index in [4.69, 9.17) is 5.73 Å². The summed E-state index contributed by atoms with van der Waals surface area (Å²) in [5.74, 6) is 0. The second-order valence-corrected chi connectivity index (χ2v) is 5.74. The number of nitrogens with one attached hydrogen (secondary N) is 1. The quantitative estimate of drug-likeness (QED) is 0.484. The first-order chi connectivity index (χ1) is 9.63. The highest BCUT2D eigenvalue weighted by Crippen LogP contribution is 2.30. The molecule has 20 heavy (non-hydrogen) atoms. The van der Waals surface area contributed by atoms with Gasteiger partial charge < -0.3 is 11.1 Å². The van der Waals surface area contributed by atoms with Gasteiger partial charge >= 0.3 is 0 Å². The van der Waals surface area contributed by atoms with Gasteiger partial charge in [-0.2, -0.15) is 0 Å². The Balaban J connectivity index is 1.55. The van der Waals surface area contributed by atoms with Crippen LogP contribution in [0.1, 0.15) is 24.8 Å². The van der Waals surface area contributed by atoms with E-state index in [1.807, 2.05) is 6.07 Å². The molecular weight excluding hydrogens is 256 g/mol. The Morgan fingerprint density at radius 1 is 1.40 bits per heavy atom. The maximum atomic E-state index is 10.9. The summed E-state index contributed by atoms with van der Waals surface area (Å²) in [5, 5.41) is 14.3. The fourth-order valence-electron chi connectivity index (χ4n) is 2.84. The third-order valence-corrected chi connectivity index (χ3v) is 4.17. The van der Waals surface area contributed by atoms with Crippen LogP contribution < -0.4 is 11.1 Å². The van der Waals surface area contributed by atoms with Crippen LogP contribution in [0.15, 0.2) is 18.2 Å². The number of nitro benzene ring substituents is 1. The van der Waals surface area contributed by atoms with Crippen LogP contribution in [0.25, 0.3) is 0 Å². The number of nitro groups is 1. The van der Waals surface area contributed by atoms with E-state index in [1.165, 1.54) is 19.4 Å². The molecule has 1 saturated heterocycles. The molecule has 0 unspecified atom stereocenters. The van der Waals surface area contributed by atoms with Crippen LogP contribution in [0, 0.1) is 10.1 Å². The van der Waals surface area contributed by atoms with Crippen LogP contribution in [0.5, 0.6) is 0 Å². The predicted molar refractivity (Wildman–Crippen MR) is 77.3 cm³/mol. The molecule has 0 spiro atoms. The number of rotatable bonds is 5. The lowest BCUT2D eigenvalue weighted by atomic mass is 10.1. The van der Waals surface area contributed by atoms with Crippen molar-refractivity contribution in [2.75, 3.05) is 18.8 Å². The van der Waals surface area contributed by atoms with E-state index in [9.17, 15) is 10.1 Å². The van der Waals surface area contributed by atoms with Gasteiger partial charge in [-0.3, -0.25) is 15.0 Å². The first kappa shape index (κ1) is 13.3. The molecule has 1 atom stereocenters. The number of hydrogen-bond donors (Lipinski definition) is 2. The molecule has 1 heterocycles. The Hall–Kier alpha value is -1.66. The number of hydrogen-bond acceptors (Lipinski definition) is 5.